The van der Waals surface area contributed by atoms with Gasteiger partial charge >= 0.3 is 5.69 Å². The van der Waals surface area contributed by atoms with E-state index in [0.29, 0.717) is 29.3 Å². The minimum absolute atomic E-state index is 0.0956. The molecule has 0 radical (unpaired) electrons. The van der Waals surface area contributed by atoms with Gasteiger partial charge in [0.05, 0.1) is 59.2 Å². The number of imide groups is 1. The molecule has 62 heavy (non-hydrogen) atoms. The third-order valence-electron chi connectivity index (χ3n) is 13.5. The number of aryl methyl sites for hydroxylation is 1. The van der Waals surface area contributed by atoms with E-state index in [1.165, 1.54) is 26.2 Å². The van der Waals surface area contributed by atoms with Crippen molar-refractivity contribution in [3.8, 4) is 5.69 Å². The summed E-state index contributed by atoms with van der Waals surface area (Å²) < 4.78 is 40.3. The molecule has 0 aliphatic carbocycles. The van der Waals surface area contributed by atoms with Gasteiger partial charge in [0.2, 0.25) is 11.8 Å². The summed E-state index contributed by atoms with van der Waals surface area (Å²) in [6.07, 6.45) is 5.23. The number of amides is 3. The normalized spacial score (nSPS) is 22.4. The Morgan fingerprint density at radius 1 is 1.06 bits per heavy atom. The van der Waals surface area contributed by atoms with Crippen molar-refractivity contribution in [3.05, 3.63) is 94.4 Å². The van der Waals surface area contributed by atoms with Gasteiger partial charge < -0.3 is 19.9 Å². The minimum Gasteiger partial charge on any atom is -0.374 e. The molecule has 1 spiro atoms. The number of anilines is 3. The van der Waals surface area contributed by atoms with Crippen LogP contribution in [0.3, 0.4) is 0 Å². The van der Waals surface area contributed by atoms with E-state index in [0.717, 1.165) is 75.3 Å². The first-order valence-corrected chi connectivity index (χ1v) is 21.0. The standard InChI is InChI=1S/C43H44F2N12O5/c1-51-37-31(3-2-4-32(37)57(42(51)61)33-9-10-35(58)49-41(33)60)53-23-43(24-53)12-15-52(16-13-43)19-25-5-7-26(8-6-25)56-21-30(36(50-56)38(44)45)47-40(59)29-18-46-55-14-11-34(48-39(29)55)54-20-28-17-27(54)22-62-28/h2-8,11,14,18,21,27-28,33,38H,9-10,12-13,15-17,19-20,22-24H2,1H3,(H,47,59)(H,49,58,60)/t27-,28-,33?/m1/s1. The van der Waals surface area contributed by atoms with E-state index in [-0.39, 0.29) is 53.3 Å². The molecule has 5 aliphatic rings. The van der Waals surface area contributed by atoms with E-state index in [2.05, 4.69) is 35.5 Å². The molecule has 5 fully saturated rings. The average Bonchev–Trinajstić information content (AvgIpc) is 4.11. The van der Waals surface area contributed by atoms with E-state index in [1.807, 2.05) is 48.5 Å². The number of nitrogens with one attached hydrogen (secondary N) is 2. The predicted molar refractivity (Wildman–Crippen MR) is 223 cm³/mol. The number of carbonyl (C=O) groups is 3. The summed E-state index contributed by atoms with van der Waals surface area (Å²) in [5.41, 5.74) is 3.84. The number of para-hydroxylation sites is 1. The second-order valence-corrected chi connectivity index (χ2v) is 17.4. The minimum atomic E-state index is -2.92. The maximum atomic E-state index is 14.3. The van der Waals surface area contributed by atoms with Crippen molar-refractivity contribution in [2.45, 2.75) is 63.3 Å². The number of fused-ring (bicyclic) bond motifs is 4. The fourth-order valence-electron chi connectivity index (χ4n) is 10.2. The van der Waals surface area contributed by atoms with Gasteiger partial charge in [-0.15, -0.1) is 0 Å². The third-order valence-corrected chi connectivity index (χ3v) is 13.5. The van der Waals surface area contributed by atoms with Crippen LogP contribution in [0.15, 0.2) is 71.9 Å². The fourth-order valence-corrected chi connectivity index (χ4v) is 10.2. The lowest BCUT2D eigenvalue weighted by molar-refractivity contribution is -0.135. The summed E-state index contributed by atoms with van der Waals surface area (Å²) >= 11 is 0. The average molecular weight is 847 g/mol. The Hall–Kier alpha value is -6.47. The Kier molecular flexibility index (Phi) is 9.04. The van der Waals surface area contributed by atoms with Gasteiger partial charge in [-0.05, 0) is 74.7 Å². The molecule has 0 saturated carbocycles. The number of carbonyl (C=O) groups excluding carboxylic acids is 3. The second-order valence-electron chi connectivity index (χ2n) is 17.4. The molecule has 320 valence electrons. The monoisotopic (exact) mass is 846 g/mol. The maximum absolute atomic E-state index is 14.3. The summed E-state index contributed by atoms with van der Waals surface area (Å²) in [6.45, 7) is 5.66. The van der Waals surface area contributed by atoms with Crippen LogP contribution in [0.5, 0.6) is 0 Å². The number of aromatic nitrogens is 7. The molecule has 9 heterocycles. The molecule has 3 amide bonds. The Bertz CT molecular complexity index is 2830. The van der Waals surface area contributed by atoms with Crippen molar-refractivity contribution in [1.29, 1.82) is 0 Å². The highest BCUT2D eigenvalue weighted by Crippen LogP contribution is 2.45. The number of halogens is 2. The lowest BCUT2D eigenvalue weighted by atomic mass is 9.71. The Morgan fingerprint density at radius 2 is 1.87 bits per heavy atom. The van der Waals surface area contributed by atoms with Crippen LogP contribution in [0, 0.1) is 5.41 Å². The Morgan fingerprint density at radius 3 is 2.60 bits per heavy atom. The van der Waals surface area contributed by atoms with Crippen molar-refractivity contribution in [2.24, 2.45) is 12.5 Å². The van der Waals surface area contributed by atoms with E-state index in [4.69, 9.17) is 9.72 Å². The number of benzene rings is 2. The highest BCUT2D eigenvalue weighted by Gasteiger charge is 2.46. The molecule has 19 heteroatoms. The number of nitrogens with zero attached hydrogens (tertiary/aromatic N) is 10. The first-order chi connectivity index (χ1) is 30.0. The van der Waals surface area contributed by atoms with Crippen LogP contribution in [-0.2, 0) is 27.9 Å². The van der Waals surface area contributed by atoms with Crippen LogP contribution in [-0.4, -0.2) is 108 Å². The number of piperidine rings is 2. The molecule has 6 aromatic rings. The van der Waals surface area contributed by atoms with E-state index in [1.54, 1.807) is 17.8 Å². The first kappa shape index (κ1) is 38.5. The number of rotatable bonds is 9. The van der Waals surface area contributed by atoms with Gasteiger partial charge in [0, 0.05) is 51.3 Å². The zero-order valence-electron chi connectivity index (χ0n) is 33.9. The number of hydrogen-bond donors (Lipinski definition) is 2. The molecule has 2 aromatic carbocycles. The maximum Gasteiger partial charge on any atom is 0.329 e. The number of alkyl halides is 2. The quantitative estimate of drug-likeness (QED) is 0.203. The highest BCUT2D eigenvalue weighted by atomic mass is 19.3. The largest absolute Gasteiger partial charge is 0.374 e. The first-order valence-electron chi connectivity index (χ1n) is 21.0. The fraction of sp³-hybridized carbons (Fsp3) is 0.419. The summed E-state index contributed by atoms with van der Waals surface area (Å²) in [5.74, 6) is -0.665. The third kappa shape index (κ3) is 6.43. The van der Waals surface area contributed by atoms with Gasteiger partial charge in [-0.2, -0.15) is 10.2 Å². The van der Waals surface area contributed by atoms with Crippen molar-refractivity contribution in [2.75, 3.05) is 54.4 Å². The van der Waals surface area contributed by atoms with Crippen molar-refractivity contribution < 1.29 is 27.9 Å². The van der Waals surface area contributed by atoms with Crippen molar-refractivity contribution in [3.63, 3.8) is 0 Å². The van der Waals surface area contributed by atoms with Crippen molar-refractivity contribution in [1.82, 2.24) is 43.7 Å². The second kappa shape index (κ2) is 14.6. The van der Waals surface area contributed by atoms with Gasteiger partial charge in [0.25, 0.3) is 12.3 Å². The number of hydrogen-bond acceptors (Lipinski definition) is 11. The van der Waals surface area contributed by atoms with Crippen LogP contribution in [0.2, 0.25) is 0 Å². The topological polar surface area (TPSA) is 169 Å². The number of ether oxygens (including phenoxy) is 1. The van der Waals surface area contributed by atoms with Gasteiger partial charge in [-0.1, -0.05) is 18.2 Å². The predicted octanol–water partition coefficient (Wildman–Crippen LogP) is 3.82. The van der Waals surface area contributed by atoms with E-state index < -0.39 is 30.0 Å². The van der Waals surface area contributed by atoms with Gasteiger partial charge in [0.1, 0.15) is 17.4 Å². The lowest BCUT2D eigenvalue weighted by Crippen LogP contribution is -2.60. The summed E-state index contributed by atoms with van der Waals surface area (Å²) in [5, 5.41) is 13.4. The SMILES string of the molecule is Cn1c(=O)n(C2CCC(=O)NC2=O)c2cccc(N3CC4(CCN(Cc5ccc(-n6cc(NC(=O)c7cnn8ccc(N9C[C@H]%10C[C@@H]9CO%10)nc78)c(C(F)F)n6)cc5)CC4)C3)c21. The molecule has 11 rings (SSSR count). The summed E-state index contributed by atoms with van der Waals surface area (Å²) in [4.78, 5) is 63.1. The number of morpholine rings is 1. The molecule has 5 aliphatic heterocycles. The van der Waals surface area contributed by atoms with Crippen LogP contribution in [0.25, 0.3) is 22.4 Å². The molecular weight excluding hydrogens is 803 g/mol. The number of imidazole rings is 1. The Balaban J connectivity index is 0.725. The van der Waals surface area contributed by atoms with Crippen molar-refractivity contribution >= 4 is 51.6 Å². The summed E-state index contributed by atoms with van der Waals surface area (Å²) in [7, 11) is 1.73. The van der Waals surface area contributed by atoms with Crippen LogP contribution in [0.4, 0.5) is 26.0 Å². The lowest BCUT2D eigenvalue weighted by Gasteiger charge is -2.55. The zero-order chi connectivity index (χ0) is 42.4. The summed E-state index contributed by atoms with van der Waals surface area (Å²) in [6, 6.07) is 14.8. The van der Waals surface area contributed by atoms with Crippen LogP contribution in [0.1, 0.15) is 66.2 Å². The molecule has 2 N–H and O–H groups in total. The van der Waals surface area contributed by atoms with Gasteiger partial charge in [0.15, 0.2) is 11.3 Å². The highest BCUT2D eigenvalue weighted by molar-refractivity contribution is 6.08. The molecule has 5 saturated heterocycles. The van der Waals surface area contributed by atoms with Crippen LogP contribution < -0.4 is 26.1 Å². The van der Waals surface area contributed by atoms with E-state index in [9.17, 15) is 28.0 Å². The molecular formula is C43H44F2N12O5. The zero-order valence-corrected chi connectivity index (χ0v) is 33.9. The molecule has 3 atom stereocenters. The molecule has 2 bridgehead atoms. The smallest absolute Gasteiger partial charge is 0.329 e. The van der Waals surface area contributed by atoms with Gasteiger partial charge in [-0.25, -0.2) is 27.8 Å². The molecule has 1 unspecified atom stereocenters. The Labute approximate surface area is 352 Å². The number of likely N-dealkylation sites (tertiary alicyclic amines) is 1. The molecule has 17 nitrogen and oxygen atoms in total. The van der Waals surface area contributed by atoms with Gasteiger partial charge in [-0.3, -0.25) is 33.7 Å². The van der Waals surface area contributed by atoms with E-state index >= 15 is 0 Å². The van der Waals surface area contributed by atoms with Crippen LogP contribution >= 0.6 is 0 Å². The molecule has 4 aromatic heterocycles.